The van der Waals surface area contributed by atoms with Gasteiger partial charge in [-0.05, 0) is 30.5 Å². The molecule has 3 unspecified atom stereocenters. The summed E-state index contributed by atoms with van der Waals surface area (Å²) in [6.07, 6.45) is -3.77. The van der Waals surface area contributed by atoms with Gasteiger partial charge in [0, 0.05) is 11.8 Å². The van der Waals surface area contributed by atoms with E-state index in [4.69, 9.17) is 5.73 Å². The monoisotopic (exact) mass is 414 g/mol. The number of nitriles is 1. The summed E-state index contributed by atoms with van der Waals surface area (Å²) in [5.41, 5.74) is 2.25. The number of fused-ring (bicyclic) bond motifs is 3. The van der Waals surface area contributed by atoms with Gasteiger partial charge in [-0.25, -0.2) is 0 Å². The molecule has 30 heavy (non-hydrogen) atoms. The number of phenols is 1. The molecule has 3 aliphatic rings. The first kappa shape index (κ1) is 20.2. The van der Waals surface area contributed by atoms with Gasteiger partial charge in [0.15, 0.2) is 23.0 Å². The normalized spacial score (nSPS) is 37.6. The number of amides is 1. The zero-order valence-corrected chi connectivity index (χ0v) is 15.5. The molecule has 0 radical (unpaired) electrons. The molecule has 0 heterocycles. The molecule has 6 N–H and O–H groups in total. The zero-order chi connectivity index (χ0) is 22.1. The van der Waals surface area contributed by atoms with Gasteiger partial charge < -0.3 is 26.2 Å². The topological polar surface area (TPSA) is 199 Å². The Kier molecular flexibility index (Phi) is 4.32. The van der Waals surface area contributed by atoms with E-state index in [0.29, 0.717) is 0 Å². The molecule has 4 rings (SSSR count). The fourth-order valence-electron chi connectivity index (χ4n) is 5.27. The number of nitrogens with two attached hydrogens (primary N) is 1. The Balaban J connectivity index is 1.88. The third-order valence-corrected chi connectivity index (χ3v) is 6.70. The van der Waals surface area contributed by atoms with Gasteiger partial charge in [0.25, 0.3) is 0 Å². The van der Waals surface area contributed by atoms with E-state index < -0.39 is 76.9 Å². The SMILES string of the molecule is N#Cc1ccc(O)c2c1C[C@@H]1C(C2=O)C(=O)[C@]2(O)C(=O)C(C(N)=O)C(O)C[C@@H]2[C@H]1O. The number of carbonyl (C=O) groups excluding carboxylic acids is 4. The minimum Gasteiger partial charge on any atom is -0.507 e. The first-order valence-corrected chi connectivity index (χ1v) is 9.31. The average molecular weight is 414 g/mol. The van der Waals surface area contributed by atoms with Gasteiger partial charge in [0.1, 0.15) is 11.7 Å². The molecule has 10 heteroatoms. The minimum atomic E-state index is -2.88. The Morgan fingerprint density at radius 1 is 1.20 bits per heavy atom. The van der Waals surface area contributed by atoms with Crippen LogP contribution in [0.2, 0.25) is 0 Å². The van der Waals surface area contributed by atoms with Crippen LogP contribution < -0.4 is 5.73 Å². The molecule has 0 aromatic heterocycles. The summed E-state index contributed by atoms with van der Waals surface area (Å²) >= 11 is 0. The number of aliphatic hydroxyl groups is 3. The van der Waals surface area contributed by atoms with Crippen LogP contribution in [0.15, 0.2) is 12.1 Å². The second-order valence-corrected chi connectivity index (χ2v) is 8.08. The van der Waals surface area contributed by atoms with Crippen molar-refractivity contribution < 1.29 is 39.6 Å². The van der Waals surface area contributed by atoms with Crippen molar-refractivity contribution in [3.8, 4) is 11.8 Å². The number of primary amides is 1. The van der Waals surface area contributed by atoms with Crippen LogP contribution in [-0.2, 0) is 20.8 Å². The highest BCUT2D eigenvalue weighted by Gasteiger charge is 2.68. The predicted molar refractivity (Wildman–Crippen MR) is 95.6 cm³/mol. The fourth-order valence-corrected chi connectivity index (χ4v) is 5.27. The van der Waals surface area contributed by atoms with Crippen LogP contribution in [0.1, 0.15) is 27.9 Å². The molecule has 1 aromatic carbocycles. The molecule has 2 fully saturated rings. The van der Waals surface area contributed by atoms with E-state index >= 15 is 0 Å². The molecule has 0 bridgehead atoms. The van der Waals surface area contributed by atoms with Crippen LogP contribution in [0.5, 0.6) is 5.75 Å². The van der Waals surface area contributed by atoms with Crippen molar-refractivity contribution in [1.29, 1.82) is 5.26 Å². The molecule has 156 valence electrons. The summed E-state index contributed by atoms with van der Waals surface area (Å²) in [6, 6.07) is 4.33. The maximum absolute atomic E-state index is 13.2. The van der Waals surface area contributed by atoms with Gasteiger partial charge in [-0.1, -0.05) is 0 Å². The average Bonchev–Trinajstić information content (AvgIpc) is 2.68. The van der Waals surface area contributed by atoms with Crippen molar-refractivity contribution >= 4 is 23.3 Å². The summed E-state index contributed by atoms with van der Waals surface area (Å²) in [4.78, 5) is 50.9. The largest absolute Gasteiger partial charge is 0.507 e. The van der Waals surface area contributed by atoms with E-state index in [1.54, 1.807) is 0 Å². The summed E-state index contributed by atoms with van der Waals surface area (Å²) in [5, 5.41) is 51.7. The molecular formula is C20H18N2O8. The Hall–Kier alpha value is -3.13. The summed E-state index contributed by atoms with van der Waals surface area (Å²) < 4.78 is 0. The number of aromatic hydroxyl groups is 1. The molecule has 0 aliphatic heterocycles. The third-order valence-electron chi connectivity index (χ3n) is 6.70. The van der Waals surface area contributed by atoms with Crippen LogP contribution in [0.25, 0.3) is 0 Å². The van der Waals surface area contributed by atoms with E-state index in [2.05, 4.69) is 0 Å². The predicted octanol–water partition coefficient (Wildman–Crippen LogP) is -2.04. The van der Waals surface area contributed by atoms with Crippen molar-refractivity contribution in [1.82, 2.24) is 0 Å². The van der Waals surface area contributed by atoms with Crippen molar-refractivity contribution in [2.24, 2.45) is 29.4 Å². The molecule has 2 saturated carbocycles. The highest BCUT2D eigenvalue weighted by molar-refractivity contribution is 6.25. The van der Waals surface area contributed by atoms with Crippen LogP contribution >= 0.6 is 0 Å². The minimum absolute atomic E-state index is 0.0867. The first-order valence-electron chi connectivity index (χ1n) is 9.31. The quantitative estimate of drug-likeness (QED) is 0.321. The molecule has 3 aliphatic carbocycles. The Morgan fingerprint density at radius 3 is 2.47 bits per heavy atom. The van der Waals surface area contributed by atoms with Crippen LogP contribution in [-0.4, -0.2) is 61.5 Å². The van der Waals surface area contributed by atoms with E-state index in [1.165, 1.54) is 6.07 Å². The molecule has 1 amide bonds. The molecule has 7 atom stereocenters. The van der Waals surface area contributed by atoms with Gasteiger partial charge in [-0.15, -0.1) is 0 Å². The molecule has 10 nitrogen and oxygen atoms in total. The van der Waals surface area contributed by atoms with Gasteiger partial charge in [0.2, 0.25) is 5.91 Å². The van der Waals surface area contributed by atoms with Gasteiger partial charge in [-0.3, -0.25) is 19.2 Å². The maximum atomic E-state index is 13.2. The van der Waals surface area contributed by atoms with Crippen LogP contribution in [0.4, 0.5) is 0 Å². The number of carbonyl (C=O) groups is 4. The fraction of sp³-hybridized carbons (Fsp3) is 0.450. The van der Waals surface area contributed by atoms with Crippen molar-refractivity contribution in [3.63, 3.8) is 0 Å². The number of aliphatic hydroxyl groups excluding tert-OH is 2. The first-order chi connectivity index (χ1) is 14.0. The number of hydrogen-bond acceptors (Lipinski definition) is 9. The van der Waals surface area contributed by atoms with Crippen LogP contribution in [0, 0.1) is 35.0 Å². The zero-order valence-electron chi connectivity index (χ0n) is 15.5. The molecule has 0 spiro atoms. The van der Waals surface area contributed by atoms with Crippen molar-refractivity contribution in [2.45, 2.75) is 30.7 Å². The lowest BCUT2D eigenvalue weighted by Gasteiger charge is -2.52. The second-order valence-electron chi connectivity index (χ2n) is 8.08. The highest BCUT2D eigenvalue weighted by Crippen LogP contribution is 2.50. The standard InChI is InChI=1S/C20H18N2O8/c21-5-6-1-2-10(23)12-7(6)3-8-13(16(12)26)17(27)20(30)9(15(8)25)4-11(24)14(18(20)28)19(22)29/h1-2,8-9,11,13-15,23-25,30H,3-4H2,(H2,22,29)/t8-,9-,11?,13?,14?,15+,20+/m1/s1. The summed E-state index contributed by atoms with van der Waals surface area (Å²) in [6.45, 7) is 0. The summed E-state index contributed by atoms with van der Waals surface area (Å²) in [7, 11) is 0. The molecular weight excluding hydrogens is 396 g/mol. The van der Waals surface area contributed by atoms with E-state index in [9.17, 15) is 44.9 Å². The lowest BCUT2D eigenvalue weighted by atomic mass is 9.52. The maximum Gasteiger partial charge on any atom is 0.230 e. The second kappa shape index (κ2) is 6.43. The van der Waals surface area contributed by atoms with Gasteiger partial charge in [-0.2, -0.15) is 5.26 Å². The van der Waals surface area contributed by atoms with E-state index in [0.717, 1.165) is 6.07 Å². The van der Waals surface area contributed by atoms with E-state index in [1.807, 2.05) is 6.07 Å². The number of benzene rings is 1. The number of hydrogen-bond donors (Lipinski definition) is 5. The smallest absolute Gasteiger partial charge is 0.230 e. The van der Waals surface area contributed by atoms with Gasteiger partial charge >= 0.3 is 0 Å². The van der Waals surface area contributed by atoms with Crippen LogP contribution in [0.3, 0.4) is 0 Å². The molecule has 1 aromatic rings. The number of ketones is 3. The van der Waals surface area contributed by atoms with Gasteiger partial charge in [0.05, 0.1) is 35.3 Å². The molecule has 0 saturated heterocycles. The highest BCUT2D eigenvalue weighted by atomic mass is 16.3. The van der Waals surface area contributed by atoms with Crippen molar-refractivity contribution in [2.75, 3.05) is 0 Å². The number of phenolic OH excluding ortho intramolecular Hbond substituents is 1. The lowest BCUT2D eigenvalue weighted by Crippen LogP contribution is -2.72. The Bertz CT molecular complexity index is 1060. The number of Topliss-reactive ketones (excluding diaryl/α,β-unsaturated/α-hetero) is 3. The lowest BCUT2D eigenvalue weighted by molar-refractivity contribution is -0.195. The van der Waals surface area contributed by atoms with Crippen molar-refractivity contribution in [3.05, 3.63) is 28.8 Å². The third kappa shape index (κ3) is 2.34. The number of rotatable bonds is 1. The Morgan fingerprint density at radius 2 is 1.87 bits per heavy atom. The Labute approximate surface area is 169 Å². The number of nitrogens with zero attached hydrogens (tertiary/aromatic N) is 1. The summed E-state index contributed by atoms with van der Waals surface area (Å²) in [5.74, 6) is -11.3. The van der Waals surface area contributed by atoms with E-state index in [-0.39, 0.29) is 23.1 Å².